The Morgan fingerprint density at radius 3 is 2.27 bits per heavy atom. The summed E-state index contributed by atoms with van der Waals surface area (Å²) >= 11 is 0. The van der Waals surface area contributed by atoms with Crippen LogP contribution in [0.1, 0.15) is 44.1 Å². The maximum Gasteiger partial charge on any atom is 0.354 e. The fourth-order valence-electron chi connectivity index (χ4n) is 1.84. The van der Waals surface area contributed by atoms with Crippen LogP contribution in [0, 0.1) is 0 Å². The normalized spacial score (nSPS) is 11.2. The summed E-state index contributed by atoms with van der Waals surface area (Å²) in [5.74, 6) is -0.816. The number of ether oxygens (including phenoxy) is 4. The average Bonchev–Trinajstić information content (AvgIpc) is 2.55. The SMILES string of the molecule is CC(C)(C)OC(=O)CCCOCCOCCOc1ccc(C(=O)O)nc1. The van der Waals surface area contributed by atoms with E-state index >= 15 is 0 Å². The molecular formula is C18H27NO7. The van der Waals surface area contributed by atoms with E-state index in [0.717, 1.165) is 0 Å². The first-order chi connectivity index (χ1) is 12.3. The summed E-state index contributed by atoms with van der Waals surface area (Å²) in [5, 5.41) is 8.74. The van der Waals surface area contributed by atoms with Gasteiger partial charge in [0.1, 0.15) is 23.7 Å². The summed E-state index contributed by atoms with van der Waals surface area (Å²) < 4.78 is 21.3. The number of pyridine rings is 1. The number of aromatic carboxylic acids is 1. The van der Waals surface area contributed by atoms with E-state index in [1.807, 2.05) is 20.8 Å². The molecule has 0 aromatic carbocycles. The summed E-state index contributed by atoms with van der Waals surface area (Å²) in [7, 11) is 0. The molecule has 8 nitrogen and oxygen atoms in total. The molecule has 1 heterocycles. The van der Waals surface area contributed by atoms with Crippen LogP contribution in [0.3, 0.4) is 0 Å². The lowest BCUT2D eigenvalue weighted by Gasteiger charge is -2.19. The van der Waals surface area contributed by atoms with Crippen LogP contribution in [-0.4, -0.2) is 60.7 Å². The predicted molar refractivity (Wildman–Crippen MR) is 93.4 cm³/mol. The van der Waals surface area contributed by atoms with Crippen LogP contribution in [0.4, 0.5) is 0 Å². The van der Waals surface area contributed by atoms with Gasteiger partial charge in [0, 0.05) is 13.0 Å². The molecule has 0 amide bonds. The third-order valence-corrected chi connectivity index (χ3v) is 2.91. The van der Waals surface area contributed by atoms with Gasteiger partial charge in [-0.2, -0.15) is 0 Å². The van der Waals surface area contributed by atoms with E-state index in [4.69, 9.17) is 24.1 Å². The minimum absolute atomic E-state index is 0.0302. The maximum absolute atomic E-state index is 11.5. The molecule has 0 saturated heterocycles. The number of carboxylic acids is 1. The van der Waals surface area contributed by atoms with E-state index in [-0.39, 0.29) is 11.7 Å². The van der Waals surface area contributed by atoms with Crippen molar-refractivity contribution >= 4 is 11.9 Å². The molecule has 0 unspecified atom stereocenters. The molecule has 0 fully saturated rings. The molecule has 26 heavy (non-hydrogen) atoms. The monoisotopic (exact) mass is 369 g/mol. The molecule has 0 radical (unpaired) electrons. The number of rotatable bonds is 12. The van der Waals surface area contributed by atoms with E-state index in [0.29, 0.717) is 51.6 Å². The van der Waals surface area contributed by atoms with E-state index in [1.54, 1.807) is 6.07 Å². The standard InChI is InChI=1S/C18H27NO7/c1-18(2,3)26-16(20)5-4-8-23-9-10-24-11-12-25-14-6-7-15(17(21)22)19-13-14/h6-7,13H,4-5,8-12H2,1-3H3,(H,21,22). The molecule has 0 spiro atoms. The fraction of sp³-hybridized carbons (Fsp3) is 0.611. The fourth-order valence-corrected chi connectivity index (χ4v) is 1.84. The quantitative estimate of drug-likeness (QED) is 0.442. The summed E-state index contributed by atoms with van der Waals surface area (Å²) in [4.78, 5) is 25.9. The van der Waals surface area contributed by atoms with E-state index in [2.05, 4.69) is 4.98 Å². The molecule has 1 N–H and O–H groups in total. The zero-order valence-electron chi connectivity index (χ0n) is 15.5. The van der Waals surface area contributed by atoms with Crippen LogP contribution in [-0.2, 0) is 19.0 Å². The first-order valence-electron chi connectivity index (χ1n) is 8.47. The van der Waals surface area contributed by atoms with Crippen molar-refractivity contribution in [2.75, 3.05) is 33.0 Å². The van der Waals surface area contributed by atoms with Gasteiger partial charge < -0.3 is 24.1 Å². The van der Waals surface area contributed by atoms with Crippen molar-refractivity contribution in [3.63, 3.8) is 0 Å². The number of nitrogens with zero attached hydrogens (tertiary/aromatic N) is 1. The number of esters is 1. The van der Waals surface area contributed by atoms with Gasteiger partial charge in [0.15, 0.2) is 0 Å². The minimum Gasteiger partial charge on any atom is -0.490 e. The second-order valence-electron chi connectivity index (χ2n) is 6.45. The van der Waals surface area contributed by atoms with Gasteiger partial charge in [-0.1, -0.05) is 0 Å². The van der Waals surface area contributed by atoms with Crippen LogP contribution in [0.2, 0.25) is 0 Å². The third-order valence-electron chi connectivity index (χ3n) is 2.91. The lowest BCUT2D eigenvalue weighted by atomic mass is 10.2. The highest BCUT2D eigenvalue weighted by Gasteiger charge is 2.15. The Hall–Kier alpha value is -2.19. The Balaban J connectivity index is 1.95. The van der Waals surface area contributed by atoms with Gasteiger partial charge >= 0.3 is 11.9 Å². The summed E-state index contributed by atoms with van der Waals surface area (Å²) in [6.45, 7) is 7.54. The van der Waals surface area contributed by atoms with Gasteiger partial charge in [0.2, 0.25) is 0 Å². The molecule has 8 heteroatoms. The highest BCUT2D eigenvalue weighted by Crippen LogP contribution is 2.09. The Labute approximate surface area is 153 Å². The number of carboxylic acid groups (broad SMARTS) is 1. The maximum atomic E-state index is 11.5. The summed E-state index contributed by atoms with van der Waals surface area (Å²) in [6.07, 6.45) is 2.30. The van der Waals surface area contributed by atoms with Gasteiger partial charge in [0.05, 0.1) is 26.0 Å². The van der Waals surface area contributed by atoms with Gasteiger partial charge in [-0.3, -0.25) is 4.79 Å². The first-order valence-corrected chi connectivity index (χ1v) is 8.47. The van der Waals surface area contributed by atoms with Gasteiger partial charge in [0.25, 0.3) is 0 Å². The molecule has 0 aliphatic rings. The summed E-state index contributed by atoms with van der Waals surface area (Å²) in [5.41, 5.74) is -0.486. The first kappa shape index (κ1) is 21.9. The molecule has 146 valence electrons. The Kier molecular flexibility index (Phi) is 9.61. The Morgan fingerprint density at radius 2 is 1.69 bits per heavy atom. The van der Waals surface area contributed by atoms with Crippen LogP contribution < -0.4 is 4.74 Å². The molecular weight excluding hydrogens is 342 g/mol. The highest BCUT2D eigenvalue weighted by atomic mass is 16.6. The number of aromatic nitrogens is 1. The van der Waals surface area contributed by atoms with E-state index in [1.165, 1.54) is 12.3 Å². The smallest absolute Gasteiger partial charge is 0.354 e. The largest absolute Gasteiger partial charge is 0.490 e. The van der Waals surface area contributed by atoms with Gasteiger partial charge in [-0.25, -0.2) is 9.78 Å². The van der Waals surface area contributed by atoms with Gasteiger partial charge in [-0.05, 0) is 39.3 Å². The zero-order chi connectivity index (χ0) is 19.4. The molecule has 0 atom stereocenters. The molecule has 0 aliphatic heterocycles. The van der Waals surface area contributed by atoms with Crippen molar-refractivity contribution in [3.05, 3.63) is 24.0 Å². The van der Waals surface area contributed by atoms with Crippen molar-refractivity contribution in [1.82, 2.24) is 4.98 Å². The molecule has 1 rings (SSSR count). The molecule has 0 aliphatic carbocycles. The average molecular weight is 369 g/mol. The van der Waals surface area contributed by atoms with Crippen molar-refractivity contribution < 1.29 is 33.6 Å². The van der Waals surface area contributed by atoms with Crippen molar-refractivity contribution in [1.29, 1.82) is 0 Å². The Bertz CT molecular complexity index is 552. The molecule has 0 saturated carbocycles. The van der Waals surface area contributed by atoms with Crippen LogP contribution in [0.5, 0.6) is 5.75 Å². The van der Waals surface area contributed by atoms with Gasteiger partial charge in [-0.15, -0.1) is 0 Å². The zero-order valence-corrected chi connectivity index (χ0v) is 15.5. The number of carbonyl (C=O) groups excluding carboxylic acids is 1. The van der Waals surface area contributed by atoms with Crippen LogP contribution in [0.15, 0.2) is 18.3 Å². The predicted octanol–water partition coefficient (Wildman–Crippen LogP) is 2.31. The molecule has 1 aromatic rings. The Morgan fingerprint density at radius 1 is 1.04 bits per heavy atom. The van der Waals surface area contributed by atoms with Crippen molar-refractivity contribution in [2.45, 2.75) is 39.2 Å². The highest BCUT2D eigenvalue weighted by molar-refractivity contribution is 5.85. The lowest BCUT2D eigenvalue weighted by Crippen LogP contribution is -2.23. The second kappa shape index (κ2) is 11.4. The van der Waals surface area contributed by atoms with Crippen molar-refractivity contribution in [3.8, 4) is 5.75 Å². The summed E-state index contributed by atoms with van der Waals surface area (Å²) in [6, 6.07) is 2.92. The topological polar surface area (TPSA) is 104 Å². The van der Waals surface area contributed by atoms with Crippen LogP contribution in [0.25, 0.3) is 0 Å². The molecule has 1 aromatic heterocycles. The van der Waals surface area contributed by atoms with E-state index < -0.39 is 11.6 Å². The van der Waals surface area contributed by atoms with Crippen LogP contribution >= 0.6 is 0 Å². The van der Waals surface area contributed by atoms with Crippen molar-refractivity contribution in [2.24, 2.45) is 0 Å². The van der Waals surface area contributed by atoms with E-state index in [9.17, 15) is 9.59 Å². The number of carbonyl (C=O) groups is 2. The molecule has 0 bridgehead atoms. The third kappa shape index (κ3) is 10.6. The number of hydrogen-bond acceptors (Lipinski definition) is 7. The second-order valence-corrected chi connectivity index (χ2v) is 6.45. The lowest BCUT2D eigenvalue weighted by molar-refractivity contribution is -0.155. The number of hydrogen-bond donors (Lipinski definition) is 1. The minimum atomic E-state index is -1.08.